The Kier molecular flexibility index (Phi) is 4.85. The van der Waals surface area contributed by atoms with Gasteiger partial charge in [-0.3, -0.25) is 0 Å². The van der Waals surface area contributed by atoms with E-state index in [2.05, 4.69) is 115 Å². The minimum absolute atomic E-state index is 0.506. The summed E-state index contributed by atoms with van der Waals surface area (Å²) in [6.07, 6.45) is 10.6. The summed E-state index contributed by atoms with van der Waals surface area (Å²) >= 11 is 0. The first-order valence-corrected chi connectivity index (χ1v) is 11.6. The number of rotatable bonds is 5. The van der Waals surface area contributed by atoms with E-state index in [0.717, 1.165) is 12.8 Å². The molecule has 4 aromatic carbocycles. The van der Waals surface area contributed by atoms with Crippen LogP contribution in [0.1, 0.15) is 41.0 Å². The van der Waals surface area contributed by atoms with Crippen molar-refractivity contribution in [1.82, 2.24) is 0 Å². The zero-order valence-corrected chi connectivity index (χ0v) is 18.2. The molecule has 6 rings (SSSR count). The van der Waals surface area contributed by atoms with Crippen LogP contribution in [0, 0.1) is 0 Å². The predicted octanol–water partition coefficient (Wildman–Crippen LogP) is 8.55. The first-order valence-electron chi connectivity index (χ1n) is 11.6. The molecule has 1 unspecified atom stereocenters. The number of benzene rings is 4. The summed E-state index contributed by atoms with van der Waals surface area (Å²) in [6, 6.07) is 35.1. The van der Waals surface area contributed by atoms with Gasteiger partial charge in [0.2, 0.25) is 0 Å². The fourth-order valence-electron chi connectivity index (χ4n) is 5.34. The first kappa shape index (κ1) is 19.1. The van der Waals surface area contributed by atoms with Gasteiger partial charge in [-0.2, -0.15) is 0 Å². The van der Waals surface area contributed by atoms with E-state index in [1.54, 1.807) is 5.57 Å². The summed E-state index contributed by atoms with van der Waals surface area (Å²) in [6.45, 7) is 0. The highest BCUT2D eigenvalue weighted by Gasteiger charge is 2.22. The van der Waals surface area contributed by atoms with Gasteiger partial charge in [0.1, 0.15) is 0 Å². The number of fused-ring (bicyclic) bond motifs is 2. The lowest BCUT2D eigenvalue weighted by atomic mass is 9.90. The third-order valence-electron chi connectivity index (χ3n) is 6.94. The van der Waals surface area contributed by atoms with Crippen molar-refractivity contribution >= 4 is 12.2 Å². The van der Waals surface area contributed by atoms with Crippen molar-refractivity contribution in [2.24, 2.45) is 0 Å². The maximum absolute atomic E-state index is 2.46. The maximum Gasteiger partial charge on any atom is 0.00305 e. The van der Waals surface area contributed by atoms with Crippen molar-refractivity contribution in [3.63, 3.8) is 0 Å². The summed E-state index contributed by atoms with van der Waals surface area (Å²) in [4.78, 5) is 0. The molecule has 2 aliphatic rings. The second kappa shape index (κ2) is 8.13. The molecule has 0 saturated heterocycles. The molecule has 32 heavy (non-hydrogen) atoms. The smallest absolute Gasteiger partial charge is 0.00305 e. The van der Waals surface area contributed by atoms with Gasteiger partial charge in [-0.05, 0) is 63.8 Å². The molecule has 4 aromatic rings. The van der Waals surface area contributed by atoms with E-state index in [9.17, 15) is 0 Å². The van der Waals surface area contributed by atoms with E-state index in [-0.39, 0.29) is 0 Å². The molecule has 0 amide bonds. The molecule has 0 aromatic heterocycles. The van der Waals surface area contributed by atoms with E-state index >= 15 is 0 Å². The summed E-state index contributed by atoms with van der Waals surface area (Å²) in [5.41, 5.74) is 12.6. The van der Waals surface area contributed by atoms with E-state index in [1.807, 2.05) is 0 Å². The molecule has 1 atom stereocenters. The van der Waals surface area contributed by atoms with E-state index in [0.29, 0.717) is 5.92 Å². The van der Waals surface area contributed by atoms with Gasteiger partial charge in [0.05, 0.1) is 0 Å². The topological polar surface area (TPSA) is 0 Å². The van der Waals surface area contributed by atoms with Crippen LogP contribution in [0.25, 0.3) is 34.4 Å². The summed E-state index contributed by atoms with van der Waals surface area (Å²) in [5, 5.41) is 0. The highest BCUT2D eigenvalue weighted by atomic mass is 14.3. The molecule has 0 aliphatic heterocycles. The molecule has 0 heterocycles. The highest BCUT2D eigenvalue weighted by Crippen LogP contribution is 2.41. The molecule has 0 N–H and O–H groups in total. The second-order valence-corrected chi connectivity index (χ2v) is 8.90. The van der Waals surface area contributed by atoms with Crippen molar-refractivity contribution in [2.45, 2.75) is 25.2 Å². The van der Waals surface area contributed by atoms with Crippen LogP contribution in [-0.2, 0) is 6.42 Å². The Morgan fingerprint density at radius 3 is 2.00 bits per heavy atom. The minimum Gasteiger partial charge on any atom is -0.0763 e. The molecule has 0 heteroatoms. The van der Waals surface area contributed by atoms with Gasteiger partial charge in [0.25, 0.3) is 0 Å². The van der Waals surface area contributed by atoms with E-state index in [1.165, 1.54) is 50.9 Å². The Hall–Kier alpha value is -3.64. The maximum atomic E-state index is 2.46. The SMILES string of the molecule is C1=CC(CCC2=Cc3c(cccc3-c3ccccc3)C2)c2cccc(-c3ccccc3)c21. The van der Waals surface area contributed by atoms with Crippen LogP contribution in [0.3, 0.4) is 0 Å². The lowest BCUT2D eigenvalue weighted by molar-refractivity contribution is 0.734. The van der Waals surface area contributed by atoms with E-state index in [4.69, 9.17) is 0 Å². The second-order valence-electron chi connectivity index (χ2n) is 8.90. The standard InChI is InChI=1S/C32H26/c1-3-9-24(10-4-1)28-15-8-16-29-26(19-20-31(28)29)18-17-23-21-27-13-7-14-30(32(27)22-23)25-11-5-2-6-12-25/h1-16,19-20,22,26H,17-18,21H2. The number of allylic oxidation sites excluding steroid dienone is 2. The third kappa shape index (κ3) is 3.42. The van der Waals surface area contributed by atoms with Crippen LogP contribution >= 0.6 is 0 Å². The molecule has 0 fully saturated rings. The van der Waals surface area contributed by atoms with Crippen LogP contribution in [-0.4, -0.2) is 0 Å². The molecular formula is C32H26. The van der Waals surface area contributed by atoms with Crippen LogP contribution in [0.2, 0.25) is 0 Å². The first-order chi connectivity index (χ1) is 15.9. The molecule has 2 aliphatic carbocycles. The normalized spacial score (nSPS) is 16.0. The Balaban J connectivity index is 1.22. The van der Waals surface area contributed by atoms with Crippen LogP contribution in [0.5, 0.6) is 0 Å². The predicted molar refractivity (Wildman–Crippen MR) is 136 cm³/mol. The fourth-order valence-corrected chi connectivity index (χ4v) is 5.34. The Labute approximate surface area is 190 Å². The van der Waals surface area contributed by atoms with Gasteiger partial charge in [-0.1, -0.05) is 121 Å². The highest BCUT2D eigenvalue weighted by molar-refractivity contribution is 5.81. The molecule has 0 bridgehead atoms. The van der Waals surface area contributed by atoms with Crippen LogP contribution < -0.4 is 0 Å². The van der Waals surface area contributed by atoms with Gasteiger partial charge in [0.15, 0.2) is 0 Å². The molecule has 0 radical (unpaired) electrons. The fraction of sp³-hybridized carbons (Fsp3) is 0.125. The molecule has 154 valence electrons. The average molecular weight is 411 g/mol. The third-order valence-corrected chi connectivity index (χ3v) is 6.94. The number of hydrogen-bond donors (Lipinski definition) is 0. The van der Waals surface area contributed by atoms with Gasteiger partial charge >= 0.3 is 0 Å². The Morgan fingerprint density at radius 2 is 1.28 bits per heavy atom. The molecule has 0 saturated carbocycles. The van der Waals surface area contributed by atoms with E-state index < -0.39 is 0 Å². The van der Waals surface area contributed by atoms with Gasteiger partial charge in [0, 0.05) is 5.92 Å². The zero-order valence-electron chi connectivity index (χ0n) is 18.2. The summed E-state index contributed by atoms with van der Waals surface area (Å²) in [7, 11) is 0. The van der Waals surface area contributed by atoms with Crippen molar-refractivity contribution in [3.05, 3.63) is 131 Å². The lowest BCUT2D eigenvalue weighted by Gasteiger charge is -2.14. The van der Waals surface area contributed by atoms with Crippen LogP contribution in [0.15, 0.2) is 109 Å². The van der Waals surface area contributed by atoms with Crippen molar-refractivity contribution < 1.29 is 0 Å². The van der Waals surface area contributed by atoms with Crippen molar-refractivity contribution in [2.75, 3.05) is 0 Å². The summed E-state index contributed by atoms with van der Waals surface area (Å²) in [5.74, 6) is 0.506. The molecule has 0 nitrogen and oxygen atoms in total. The molecule has 0 spiro atoms. The number of hydrogen-bond acceptors (Lipinski definition) is 0. The lowest BCUT2D eigenvalue weighted by Crippen LogP contribution is -1.96. The van der Waals surface area contributed by atoms with Gasteiger partial charge in [-0.15, -0.1) is 0 Å². The monoisotopic (exact) mass is 410 g/mol. The van der Waals surface area contributed by atoms with Crippen LogP contribution in [0.4, 0.5) is 0 Å². The van der Waals surface area contributed by atoms with Crippen molar-refractivity contribution in [1.29, 1.82) is 0 Å². The van der Waals surface area contributed by atoms with Crippen molar-refractivity contribution in [3.8, 4) is 22.3 Å². The largest absolute Gasteiger partial charge is 0.0763 e. The Bertz CT molecular complexity index is 1320. The summed E-state index contributed by atoms with van der Waals surface area (Å²) < 4.78 is 0. The van der Waals surface area contributed by atoms with Gasteiger partial charge in [-0.25, -0.2) is 0 Å². The Morgan fingerprint density at radius 1 is 0.625 bits per heavy atom. The average Bonchev–Trinajstić information content (AvgIpc) is 3.47. The quantitative estimate of drug-likeness (QED) is 0.309. The zero-order chi connectivity index (χ0) is 21.3. The van der Waals surface area contributed by atoms with Gasteiger partial charge < -0.3 is 0 Å². The minimum atomic E-state index is 0.506. The molecular weight excluding hydrogens is 384 g/mol.